The number of ether oxygens (including phenoxy) is 1. The van der Waals surface area contributed by atoms with Crippen molar-refractivity contribution >= 4 is 52.4 Å². The molecule has 1 aromatic carbocycles. The fourth-order valence-corrected chi connectivity index (χ4v) is 2.92. The molecule has 0 atom stereocenters. The van der Waals surface area contributed by atoms with Gasteiger partial charge in [0.2, 0.25) is 5.91 Å². The highest BCUT2D eigenvalue weighted by Gasteiger charge is 2.24. The molecule has 1 aromatic heterocycles. The van der Waals surface area contributed by atoms with Crippen LogP contribution >= 0.6 is 23.2 Å². The SMILES string of the molecule is O=C(COC(=O)c1cnc(Cl)c(Cl)c1)Nc1ccccc1N1CCCC1=O. The quantitative estimate of drug-likeness (QED) is 0.606. The number of anilines is 2. The van der Waals surface area contributed by atoms with E-state index >= 15 is 0 Å². The molecule has 1 saturated heterocycles. The normalized spacial score (nSPS) is 13.6. The lowest BCUT2D eigenvalue weighted by molar-refractivity contribution is -0.119. The zero-order valence-electron chi connectivity index (χ0n) is 14.1. The van der Waals surface area contributed by atoms with Gasteiger partial charge in [-0.25, -0.2) is 9.78 Å². The Hall–Kier alpha value is -2.64. The first kappa shape index (κ1) is 19.1. The van der Waals surface area contributed by atoms with Gasteiger partial charge in [-0.3, -0.25) is 9.59 Å². The third kappa shape index (κ3) is 4.56. The zero-order chi connectivity index (χ0) is 19.4. The van der Waals surface area contributed by atoms with E-state index in [1.54, 1.807) is 29.2 Å². The van der Waals surface area contributed by atoms with Gasteiger partial charge in [0.05, 0.1) is 22.0 Å². The van der Waals surface area contributed by atoms with Crippen LogP contribution in [-0.4, -0.2) is 35.9 Å². The lowest BCUT2D eigenvalue weighted by Gasteiger charge is -2.19. The van der Waals surface area contributed by atoms with Crippen LogP contribution in [0, 0.1) is 0 Å². The molecule has 1 fully saturated rings. The Morgan fingerprint density at radius 1 is 1.26 bits per heavy atom. The van der Waals surface area contributed by atoms with Gasteiger partial charge in [0, 0.05) is 19.2 Å². The summed E-state index contributed by atoms with van der Waals surface area (Å²) in [6, 6.07) is 8.28. The van der Waals surface area contributed by atoms with Crippen LogP contribution in [0.15, 0.2) is 36.5 Å². The molecule has 0 unspecified atom stereocenters. The van der Waals surface area contributed by atoms with E-state index in [1.165, 1.54) is 12.3 Å². The van der Waals surface area contributed by atoms with Crippen molar-refractivity contribution in [2.75, 3.05) is 23.4 Å². The van der Waals surface area contributed by atoms with Gasteiger partial charge in [0.1, 0.15) is 5.15 Å². The number of rotatable bonds is 5. The molecular formula is C18H15Cl2N3O4. The van der Waals surface area contributed by atoms with Gasteiger partial charge in [0.15, 0.2) is 6.61 Å². The number of nitrogens with zero attached hydrogens (tertiary/aromatic N) is 2. The molecule has 0 aliphatic carbocycles. The number of halogens is 2. The molecule has 0 radical (unpaired) electrons. The van der Waals surface area contributed by atoms with Gasteiger partial charge in [-0.1, -0.05) is 35.3 Å². The van der Waals surface area contributed by atoms with Gasteiger partial charge < -0.3 is 15.0 Å². The summed E-state index contributed by atoms with van der Waals surface area (Å²) in [6.07, 6.45) is 2.47. The lowest BCUT2D eigenvalue weighted by Crippen LogP contribution is -2.27. The Morgan fingerprint density at radius 3 is 2.74 bits per heavy atom. The first-order chi connectivity index (χ1) is 13.0. The van der Waals surface area contributed by atoms with Crippen molar-refractivity contribution in [3.8, 4) is 0 Å². The number of carbonyl (C=O) groups is 3. The number of carbonyl (C=O) groups excluding carboxylic acids is 3. The molecule has 1 aliphatic rings. The number of amides is 2. The second-order valence-electron chi connectivity index (χ2n) is 5.79. The molecule has 2 aromatic rings. The highest BCUT2D eigenvalue weighted by atomic mass is 35.5. The summed E-state index contributed by atoms with van der Waals surface area (Å²) >= 11 is 11.5. The smallest absolute Gasteiger partial charge is 0.340 e. The summed E-state index contributed by atoms with van der Waals surface area (Å²) in [6.45, 7) is 0.104. The topological polar surface area (TPSA) is 88.6 Å². The maximum atomic E-state index is 12.2. The van der Waals surface area contributed by atoms with E-state index in [2.05, 4.69) is 10.3 Å². The maximum absolute atomic E-state index is 12.2. The number of aromatic nitrogens is 1. The van der Waals surface area contributed by atoms with E-state index < -0.39 is 18.5 Å². The number of nitrogens with one attached hydrogen (secondary N) is 1. The van der Waals surface area contributed by atoms with Crippen LogP contribution in [0.25, 0.3) is 0 Å². The predicted molar refractivity (Wildman–Crippen MR) is 101 cm³/mol. The summed E-state index contributed by atoms with van der Waals surface area (Å²) in [5.41, 5.74) is 1.18. The number of esters is 1. The summed E-state index contributed by atoms with van der Waals surface area (Å²) in [4.78, 5) is 41.5. The largest absolute Gasteiger partial charge is 0.452 e. The Morgan fingerprint density at radius 2 is 2.04 bits per heavy atom. The van der Waals surface area contributed by atoms with Crippen LogP contribution in [0.1, 0.15) is 23.2 Å². The lowest BCUT2D eigenvalue weighted by atomic mass is 10.2. The van der Waals surface area contributed by atoms with E-state index in [1.807, 2.05) is 0 Å². The number of pyridine rings is 1. The summed E-state index contributed by atoms with van der Waals surface area (Å²) in [5.74, 6) is -1.27. The summed E-state index contributed by atoms with van der Waals surface area (Å²) in [5, 5.41) is 2.84. The third-order valence-corrected chi connectivity index (χ3v) is 4.59. The average Bonchev–Trinajstić information content (AvgIpc) is 3.08. The highest BCUT2D eigenvalue weighted by molar-refractivity contribution is 6.41. The average molecular weight is 408 g/mol. The van der Waals surface area contributed by atoms with Crippen molar-refractivity contribution in [3.05, 3.63) is 52.3 Å². The van der Waals surface area contributed by atoms with Crippen LogP contribution in [0.2, 0.25) is 10.2 Å². The maximum Gasteiger partial charge on any atom is 0.340 e. The molecule has 7 nitrogen and oxygen atoms in total. The van der Waals surface area contributed by atoms with Crippen molar-refractivity contribution in [1.29, 1.82) is 0 Å². The standard InChI is InChI=1S/C18H15Cl2N3O4/c19-12-8-11(9-21-17(12)20)18(26)27-10-15(24)22-13-4-1-2-5-14(13)23-7-3-6-16(23)25/h1-2,4-5,8-9H,3,6-7,10H2,(H,22,24). The van der Waals surface area contributed by atoms with E-state index in [4.69, 9.17) is 27.9 Å². The van der Waals surface area contributed by atoms with Crippen molar-refractivity contribution in [1.82, 2.24) is 4.98 Å². The summed E-state index contributed by atoms with van der Waals surface area (Å²) in [7, 11) is 0. The molecule has 0 bridgehead atoms. The van der Waals surface area contributed by atoms with Crippen molar-refractivity contribution in [2.45, 2.75) is 12.8 Å². The molecular weight excluding hydrogens is 393 g/mol. The molecule has 2 amide bonds. The van der Waals surface area contributed by atoms with Crippen molar-refractivity contribution in [3.63, 3.8) is 0 Å². The van der Waals surface area contributed by atoms with Crippen molar-refractivity contribution < 1.29 is 19.1 Å². The Labute approximate surface area is 165 Å². The molecule has 2 heterocycles. The predicted octanol–water partition coefficient (Wildman–Crippen LogP) is 3.31. The molecule has 140 valence electrons. The van der Waals surface area contributed by atoms with Crippen LogP contribution in [0.4, 0.5) is 11.4 Å². The molecule has 0 saturated carbocycles. The number of hydrogen-bond acceptors (Lipinski definition) is 5. The minimum Gasteiger partial charge on any atom is -0.452 e. The Balaban J connectivity index is 1.62. The van der Waals surface area contributed by atoms with Gasteiger partial charge in [-0.15, -0.1) is 0 Å². The molecule has 1 aliphatic heterocycles. The van der Waals surface area contributed by atoms with Crippen LogP contribution in [0.5, 0.6) is 0 Å². The van der Waals surface area contributed by atoms with Crippen LogP contribution in [0.3, 0.4) is 0 Å². The molecule has 0 spiro atoms. The first-order valence-corrected chi connectivity index (χ1v) is 8.88. The molecule has 27 heavy (non-hydrogen) atoms. The fourth-order valence-electron chi connectivity index (χ4n) is 2.65. The van der Waals surface area contributed by atoms with Crippen LogP contribution < -0.4 is 10.2 Å². The van der Waals surface area contributed by atoms with E-state index in [0.717, 1.165) is 6.42 Å². The van der Waals surface area contributed by atoms with Crippen LogP contribution in [-0.2, 0) is 14.3 Å². The Kier molecular flexibility index (Phi) is 5.93. The van der Waals surface area contributed by atoms with Gasteiger partial charge in [-0.2, -0.15) is 0 Å². The van der Waals surface area contributed by atoms with Gasteiger partial charge in [-0.05, 0) is 24.6 Å². The van der Waals surface area contributed by atoms with Gasteiger partial charge in [0.25, 0.3) is 5.91 Å². The number of benzene rings is 1. The second-order valence-corrected chi connectivity index (χ2v) is 6.55. The zero-order valence-corrected chi connectivity index (χ0v) is 15.6. The summed E-state index contributed by atoms with van der Waals surface area (Å²) < 4.78 is 4.97. The van der Waals surface area contributed by atoms with E-state index in [-0.39, 0.29) is 21.6 Å². The number of hydrogen-bond donors (Lipinski definition) is 1. The molecule has 9 heteroatoms. The highest BCUT2D eigenvalue weighted by Crippen LogP contribution is 2.29. The minimum atomic E-state index is -0.751. The molecule has 1 N–H and O–H groups in total. The fraction of sp³-hybridized carbons (Fsp3) is 0.222. The Bertz CT molecular complexity index is 904. The molecule has 3 rings (SSSR count). The van der Waals surface area contributed by atoms with Crippen molar-refractivity contribution in [2.24, 2.45) is 0 Å². The first-order valence-electron chi connectivity index (χ1n) is 8.13. The third-order valence-electron chi connectivity index (χ3n) is 3.91. The second kappa shape index (κ2) is 8.37. The van der Waals surface area contributed by atoms with Gasteiger partial charge >= 0.3 is 5.97 Å². The monoisotopic (exact) mass is 407 g/mol. The minimum absolute atomic E-state index is 0.00949. The van der Waals surface area contributed by atoms with E-state index in [0.29, 0.717) is 24.3 Å². The van der Waals surface area contributed by atoms with E-state index in [9.17, 15) is 14.4 Å². The number of para-hydroxylation sites is 2.